The van der Waals surface area contributed by atoms with Gasteiger partial charge in [0, 0.05) is 23.6 Å². The lowest BCUT2D eigenvalue weighted by molar-refractivity contribution is 0.0953. The summed E-state index contributed by atoms with van der Waals surface area (Å²) >= 11 is 3.17. The van der Waals surface area contributed by atoms with Gasteiger partial charge >= 0.3 is 0 Å². The number of benzene rings is 1. The predicted molar refractivity (Wildman–Crippen MR) is 98.8 cm³/mol. The first-order chi connectivity index (χ1) is 11.8. The second-order valence-electron chi connectivity index (χ2n) is 5.42. The molecule has 1 aromatic carbocycles. The van der Waals surface area contributed by atoms with E-state index >= 15 is 0 Å². The molecule has 0 aliphatic carbocycles. The molecule has 0 aliphatic rings. The summed E-state index contributed by atoms with van der Waals surface area (Å²) in [5, 5.41) is 12.6. The van der Waals surface area contributed by atoms with Gasteiger partial charge in [-0.15, -0.1) is 11.3 Å². The minimum atomic E-state index is -0.0383. The number of carbonyl (C=O) groups is 1. The molecular formula is C18H15N3OS2. The van der Waals surface area contributed by atoms with E-state index in [1.54, 1.807) is 17.5 Å². The Labute approximate surface area is 147 Å². The minimum Gasteiger partial charge on any atom is -0.349 e. The molecule has 120 valence electrons. The van der Waals surface area contributed by atoms with Crippen LogP contribution in [0.25, 0.3) is 10.1 Å². The van der Waals surface area contributed by atoms with Gasteiger partial charge in [-0.25, -0.2) is 0 Å². The van der Waals surface area contributed by atoms with Crippen molar-refractivity contribution in [1.82, 2.24) is 15.1 Å². The fraction of sp³-hybridized carbons (Fsp3) is 0.111. The van der Waals surface area contributed by atoms with Crippen molar-refractivity contribution in [3.63, 3.8) is 0 Å². The molecule has 0 aliphatic heterocycles. The third kappa shape index (κ3) is 2.98. The van der Waals surface area contributed by atoms with E-state index in [0.717, 1.165) is 20.5 Å². The molecule has 0 saturated heterocycles. The third-order valence-corrected chi connectivity index (χ3v) is 5.69. The third-order valence-electron chi connectivity index (χ3n) is 3.88. The number of hydrogen-bond donors (Lipinski definition) is 1. The number of amides is 1. The monoisotopic (exact) mass is 353 g/mol. The van der Waals surface area contributed by atoms with E-state index in [0.29, 0.717) is 6.54 Å². The zero-order chi connectivity index (χ0) is 16.4. The molecule has 4 nitrogen and oxygen atoms in total. The number of nitrogens with one attached hydrogen (secondary N) is 1. The number of rotatable bonds is 5. The van der Waals surface area contributed by atoms with E-state index in [1.165, 1.54) is 11.3 Å². The maximum absolute atomic E-state index is 12.5. The van der Waals surface area contributed by atoms with Crippen molar-refractivity contribution < 1.29 is 4.79 Å². The lowest BCUT2D eigenvalue weighted by Crippen LogP contribution is -2.31. The molecule has 24 heavy (non-hydrogen) atoms. The quantitative estimate of drug-likeness (QED) is 0.585. The van der Waals surface area contributed by atoms with Gasteiger partial charge in [0.2, 0.25) is 0 Å². The van der Waals surface area contributed by atoms with Crippen LogP contribution in [-0.4, -0.2) is 22.2 Å². The number of hydrogen-bond acceptors (Lipinski definition) is 4. The average molecular weight is 353 g/mol. The summed E-state index contributed by atoms with van der Waals surface area (Å²) in [6.45, 7) is 0.505. The van der Waals surface area contributed by atoms with Gasteiger partial charge in [-0.3, -0.25) is 9.48 Å². The van der Waals surface area contributed by atoms with Crippen LogP contribution >= 0.6 is 22.7 Å². The maximum atomic E-state index is 12.5. The maximum Gasteiger partial charge on any atom is 0.261 e. The van der Waals surface area contributed by atoms with E-state index < -0.39 is 0 Å². The molecule has 4 aromatic rings. The highest BCUT2D eigenvalue weighted by Gasteiger charge is 2.17. The number of fused-ring (bicyclic) bond motifs is 1. The second-order valence-corrected chi connectivity index (χ2v) is 7.28. The molecule has 0 spiro atoms. The fourth-order valence-corrected chi connectivity index (χ4v) is 4.35. The lowest BCUT2D eigenvalue weighted by atomic mass is 10.1. The van der Waals surface area contributed by atoms with E-state index in [9.17, 15) is 4.79 Å². The lowest BCUT2D eigenvalue weighted by Gasteiger charge is -2.17. The highest BCUT2D eigenvalue weighted by molar-refractivity contribution is 7.20. The number of thiophene rings is 2. The zero-order valence-corrected chi connectivity index (χ0v) is 14.4. The Morgan fingerprint density at radius 3 is 2.92 bits per heavy atom. The molecule has 3 heterocycles. The van der Waals surface area contributed by atoms with E-state index in [-0.39, 0.29) is 11.9 Å². The largest absolute Gasteiger partial charge is 0.349 e. The molecule has 0 radical (unpaired) electrons. The van der Waals surface area contributed by atoms with Crippen molar-refractivity contribution in [3.8, 4) is 0 Å². The van der Waals surface area contributed by atoms with Crippen molar-refractivity contribution >= 4 is 38.7 Å². The van der Waals surface area contributed by atoms with Crippen molar-refractivity contribution in [2.45, 2.75) is 6.04 Å². The average Bonchev–Trinajstić information content (AvgIpc) is 3.35. The fourth-order valence-electron chi connectivity index (χ4n) is 2.66. The molecule has 3 aromatic heterocycles. The Balaban J connectivity index is 1.52. The van der Waals surface area contributed by atoms with Crippen molar-refractivity contribution in [2.24, 2.45) is 0 Å². The molecule has 1 N–H and O–H groups in total. The standard InChI is InChI=1S/C18H15N3OS2/c22-18(17-10-13-4-1-2-5-16(13)24-17)19-11-15(14-6-9-23-12-14)21-8-3-7-20-21/h1-10,12,15H,11H2,(H,19,22)/t15-/m0/s1. The normalized spacial score (nSPS) is 12.3. The van der Waals surface area contributed by atoms with Gasteiger partial charge in [-0.05, 0) is 46.0 Å². The Morgan fingerprint density at radius 1 is 1.25 bits per heavy atom. The summed E-state index contributed by atoms with van der Waals surface area (Å²) in [6, 6.07) is 14.0. The van der Waals surface area contributed by atoms with Crippen LogP contribution < -0.4 is 5.32 Å². The Hall–Kier alpha value is -2.44. The summed E-state index contributed by atoms with van der Waals surface area (Å²) in [5.74, 6) is -0.0383. The molecule has 4 rings (SSSR count). The topological polar surface area (TPSA) is 46.9 Å². The molecule has 1 atom stereocenters. The predicted octanol–water partition coefficient (Wildman–Crippen LogP) is 4.18. The van der Waals surface area contributed by atoms with Crippen LogP contribution in [0.1, 0.15) is 21.3 Å². The zero-order valence-electron chi connectivity index (χ0n) is 12.8. The van der Waals surface area contributed by atoms with E-state index in [1.807, 2.05) is 52.7 Å². The summed E-state index contributed by atoms with van der Waals surface area (Å²) in [4.78, 5) is 13.3. The summed E-state index contributed by atoms with van der Waals surface area (Å²) in [5.41, 5.74) is 1.15. The van der Waals surface area contributed by atoms with Gasteiger partial charge in [-0.2, -0.15) is 16.4 Å². The molecule has 6 heteroatoms. The highest BCUT2D eigenvalue weighted by Crippen LogP contribution is 2.25. The van der Waals surface area contributed by atoms with Crippen molar-refractivity contribution in [1.29, 1.82) is 0 Å². The Morgan fingerprint density at radius 2 is 2.17 bits per heavy atom. The van der Waals surface area contributed by atoms with Gasteiger partial charge < -0.3 is 5.32 Å². The van der Waals surface area contributed by atoms with Crippen LogP contribution in [0.4, 0.5) is 0 Å². The molecule has 0 saturated carbocycles. The molecule has 1 amide bonds. The first kappa shape index (κ1) is 15.1. The highest BCUT2D eigenvalue weighted by atomic mass is 32.1. The second kappa shape index (κ2) is 6.59. The van der Waals surface area contributed by atoms with Crippen molar-refractivity contribution in [3.05, 3.63) is 76.1 Å². The minimum absolute atomic E-state index is 0.00424. The molecule has 0 bridgehead atoms. The molecular weight excluding hydrogens is 338 g/mol. The smallest absolute Gasteiger partial charge is 0.261 e. The first-order valence-corrected chi connectivity index (χ1v) is 9.35. The number of aromatic nitrogens is 2. The van der Waals surface area contributed by atoms with Gasteiger partial charge in [0.15, 0.2) is 0 Å². The molecule has 0 unspecified atom stereocenters. The van der Waals surface area contributed by atoms with Crippen LogP contribution in [0.2, 0.25) is 0 Å². The Bertz CT molecular complexity index is 875. The van der Waals surface area contributed by atoms with Gasteiger partial charge in [-0.1, -0.05) is 18.2 Å². The van der Waals surface area contributed by atoms with Gasteiger partial charge in [0.1, 0.15) is 0 Å². The van der Waals surface area contributed by atoms with Crippen LogP contribution in [0.5, 0.6) is 0 Å². The number of carbonyl (C=O) groups excluding carboxylic acids is 1. The van der Waals surface area contributed by atoms with E-state index in [4.69, 9.17) is 0 Å². The van der Waals surface area contributed by atoms with Crippen molar-refractivity contribution in [2.75, 3.05) is 6.54 Å². The first-order valence-electron chi connectivity index (χ1n) is 7.59. The summed E-state index contributed by atoms with van der Waals surface area (Å²) < 4.78 is 3.01. The van der Waals surface area contributed by atoms with Crippen LogP contribution in [0, 0.1) is 0 Å². The molecule has 0 fully saturated rings. The summed E-state index contributed by atoms with van der Waals surface area (Å²) in [6.07, 6.45) is 3.68. The van der Waals surface area contributed by atoms with E-state index in [2.05, 4.69) is 21.9 Å². The van der Waals surface area contributed by atoms with Gasteiger partial charge in [0.25, 0.3) is 5.91 Å². The van der Waals surface area contributed by atoms with Gasteiger partial charge in [0.05, 0.1) is 10.9 Å². The van der Waals surface area contributed by atoms with Crippen LogP contribution in [0.3, 0.4) is 0 Å². The van der Waals surface area contributed by atoms with Crippen LogP contribution in [-0.2, 0) is 0 Å². The number of nitrogens with zero attached hydrogens (tertiary/aromatic N) is 2. The Kier molecular flexibility index (Phi) is 4.15. The summed E-state index contributed by atoms with van der Waals surface area (Å²) in [7, 11) is 0. The van der Waals surface area contributed by atoms with Crippen LogP contribution in [0.15, 0.2) is 65.6 Å². The SMILES string of the molecule is O=C(NC[C@@H](c1ccsc1)n1cccn1)c1cc2ccccc2s1.